The number of epoxide rings is 1. The molecule has 0 aromatic heterocycles. The molecular weight excluding hydrogens is 326 g/mol. The number of amides is 1. The lowest BCUT2D eigenvalue weighted by molar-refractivity contribution is -0.370. The number of cyclic esters (lactones) is 1. The molecule has 1 aromatic rings. The van der Waals surface area contributed by atoms with Gasteiger partial charge in [0.1, 0.15) is 12.7 Å². The van der Waals surface area contributed by atoms with Gasteiger partial charge in [-0.1, -0.05) is 32.0 Å². The molecule has 2 heterocycles. The standard InChI is InChI=1S/C18H23NO6/c1-10(2)8-11(3)19-16(20)15-14(23-15)9-22-25-18-13-7-5-4-6-12(13)17(21)24-18/h4-7,10-11,14-15,18H,8-9H2,1-3H3,(H,19,20)/t11-,14?,15?,18?/m1/s1. The zero-order chi connectivity index (χ0) is 18.0. The van der Waals surface area contributed by atoms with Gasteiger partial charge < -0.3 is 14.8 Å². The number of ether oxygens (including phenoxy) is 2. The smallest absolute Gasteiger partial charge is 0.341 e. The summed E-state index contributed by atoms with van der Waals surface area (Å²) < 4.78 is 10.4. The number of carbonyl (C=O) groups excluding carboxylic acids is 2. The Morgan fingerprint density at radius 2 is 2.04 bits per heavy atom. The maximum absolute atomic E-state index is 12.0. The summed E-state index contributed by atoms with van der Waals surface area (Å²) in [6, 6.07) is 7.06. The van der Waals surface area contributed by atoms with E-state index in [1.54, 1.807) is 24.3 Å². The van der Waals surface area contributed by atoms with Gasteiger partial charge >= 0.3 is 5.97 Å². The predicted octanol–water partition coefficient (Wildman–Crippen LogP) is 2.12. The van der Waals surface area contributed by atoms with Crippen LogP contribution in [-0.4, -0.2) is 36.7 Å². The Morgan fingerprint density at radius 3 is 2.80 bits per heavy atom. The van der Waals surface area contributed by atoms with Crippen LogP contribution in [0.5, 0.6) is 0 Å². The van der Waals surface area contributed by atoms with E-state index in [9.17, 15) is 9.59 Å². The fourth-order valence-electron chi connectivity index (χ4n) is 2.94. The number of rotatable bonds is 8. The summed E-state index contributed by atoms with van der Waals surface area (Å²) in [6.07, 6.45) is -0.842. The monoisotopic (exact) mass is 349 g/mol. The summed E-state index contributed by atoms with van der Waals surface area (Å²) in [5.74, 6) is -0.0670. The number of esters is 1. The zero-order valence-corrected chi connectivity index (χ0v) is 14.6. The fraction of sp³-hybridized carbons (Fsp3) is 0.556. The first-order valence-corrected chi connectivity index (χ1v) is 8.49. The summed E-state index contributed by atoms with van der Waals surface area (Å²) >= 11 is 0. The Morgan fingerprint density at radius 1 is 1.28 bits per heavy atom. The van der Waals surface area contributed by atoms with Crippen LogP contribution >= 0.6 is 0 Å². The van der Waals surface area contributed by atoms with Gasteiger partial charge in [-0.3, -0.25) is 4.79 Å². The van der Waals surface area contributed by atoms with E-state index < -0.39 is 18.4 Å². The first-order valence-electron chi connectivity index (χ1n) is 8.49. The molecule has 3 rings (SSSR count). The lowest BCUT2D eigenvalue weighted by Gasteiger charge is -2.15. The van der Waals surface area contributed by atoms with Crippen molar-refractivity contribution in [3.8, 4) is 0 Å². The van der Waals surface area contributed by atoms with Crippen LogP contribution in [0.25, 0.3) is 0 Å². The summed E-state index contributed by atoms with van der Waals surface area (Å²) in [7, 11) is 0. The second kappa shape index (κ2) is 7.51. The molecule has 7 nitrogen and oxygen atoms in total. The van der Waals surface area contributed by atoms with Crippen LogP contribution in [-0.2, 0) is 24.0 Å². The van der Waals surface area contributed by atoms with E-state index in [2.05, 4.69) is 19.2 Å². The van der Waals surface area contributed by atoms with Crippen LogP contribution in [0.4, 0.5) is 0 Å². The molecule has 1 aromatic carbocycles. The van der Waals surface area contributed by atoms with E-state index >= 15 is 0 Å². The largest absolute Gasteiger partial charge is 0.425 e. The average Bonchev–Trinajstić information content (AvgIpc) is 3.25. The number of nitrogens with one attached hydrogen (secondary N) is 1. The third kappa shape index (κ3) is 4.36. The van der Waals surface area contributed by atoms with E-state index in [0.29, 0.717) is 17.0 Å². The van der Waals surface area contributed by atoms with Crippen LogP contribution < -0.4 is 5.32 Å². The first kappa shape index (κ1) is 17.8. The molecule has 0 radical (unpaired) electrons. The highest BCUT2D eigenvalue weighted by atomic mass is 17.2. The third-order valence-electron chi connectivity index (χ3n) is 4.09. The van der Waals surface area contributed by atoms with Crippen LogP contribution in [0.3, 0.4) is 0 Å². The minimum atomic E-state index is -0.888. The average molecular weight is 349 g/mol. The number of fused-ring (bicyclic) bond motifs is 1. The van der Waals surface area contributed by atoms with Crippen LogP contribution in [0, 0.1) is 5.92 Å². The Labute approximate surface area is 146 Å². The molecule has 1 amide bonds. The molecule has 1 fully saturated rings. The highest BCUT2D eigenvalue weighted by Crippen LogP contribution is 2.32. The van der Waals surface area contributed by atoms with E-state index in [1.807, 2.05) is 6.92 Å². The zero-order valence-electron chi connectivity index (χ0n) is 14.6. The number of hydrogen-bond donors (Lipinski definition) is 1. The molecule has 25 heavy (non-hydrogen) atoms. The normalized spacial score (nSPS) is 25.4. The molecule has 136 valence electrons. The van der Waals surface area contributed by atoms with Crippen molar-refractivity contribution in [2.75, 3.05) is 6.61 Å². The van der Waals surface area contributed by atoms with Crippen molar-refractivity contribution in [3.05, 3.63) is 35.4 Å². The fourth-order valence-corrected chi connectivity index (χ4v) is 2.94. The molecule has 1 saturated heterocycles. The van der Waals surface area contributed by atoms with Crippen molar-refractivity contribution in [1.82, 2.24) is 5.32 Å². The van der Waals surface area contributed by atoms with Gasteiger partial charge in [0.15, 0.2) is 6.10 Å². The van der Waals surface area contributed by atoms with Crippen molar-refractivity contribution in [1.29, 1.82) is 0 Å². The molecule has 0 aliphatic carbocycles. The molecule has 0 saturated carbocycles. The van der Waals surface area contributed by atoms with Gasteiger partial charge in [-0.05, 0) is 25.3 Å². The number of carbonyl (C=O) groups is 2. The number of benzene rings is 1. The van der Waals surface area contributed by atoms with E-state index in [1.165, 1.54) is 0 Å². The minimum absolute atomic E-state index is 0.0901. The van der Waals surface area contributed by atoms with Crippen LogP contribution in [0.2, 0.25) is 0 Å². The predicted molar refractivity (Wildman–Crippen MR) is 87.4 cm³/mol. The minimum Gasteiger partial charge on any atom is -0.425 e. The molecule has 2 aliphatic heterocycles. The maximum Gasteiger partial charge on any atom is 0.341 e. The van der Waals surface area contributed by atoms with Crippen molar-refractivity contribution >= 4 is 11.9 Å². The molecular formula is C18H23NO6. The van der Waals surface area contributed by atoms with Gasteiger partial charge in [0, 0.05) is 11.6 Å². The topological polar surface area (TPSA) is 86.4 Å². The van der Waals surface area contributed by atoms with Crippen molar-refractivity contribution in [3.63, 3.8) is 0 Å². The molecule has 0 spiro atoms. The number of hydrogen-bond acceptors (Lipinski definition) is 6. The van der Waals surface area contributed by atoms with Gasteiger partial charge in [0.05, 0.1) is 5.56 Å². The Bertz CT molecular complexity index is 646. The van der Waals surface area contributed by atoms with Crippen molar-refractivity contribution in [2.24, 2.45) is 5.92 Å². The van der Waals surface area contributed by atoms with Gasteiger partial charge in [0.2, 0.25) is 0 Å². The summed E-state index contributed by atoms with van der Waals surface area (Å²) in [5.41, 5.74) is 1.09. The van der Waals surface area contributed by atoms with Crippen molar-refractivity contribution in [2.45, 2.75) is 51.7 Å². The third-order valence-corrected chi connectivity index (χ3v) is 4.09. The quantitative estimate of drug-likeness (QED) is 0.335. The second-order valence-electron chi connectivity index (χ2n) is 6.84. The Hall–Kier alpha value is -1.96. The first-order chi connectivity index (χ1) is 12.0. The lowest BCUT2D eigenvalue weighted by atomic mass is 10.1. The Kier molecular flexibility index (Phi) is 5.36. The molecule has 2 aliphatic rings. The molecule has 0 bridgehead atoms. The van der Waals surface area contributed by atoms with E-state index in [4.69, 9.17) is 19.2 Å². The molecule has 3 unspecified atom stereocenters. The SMILES string of the molecule is CC(C)C[C@@H](C)NC(=O)C1OC1COOC1OC(=O)c2ccccc21. The van der Waals surface area contributed by atoms with E-state index in [0.717, 1.165) is 6.42 Å². The summed E-state index contributed by atoms with van der Waals surface area (Å²) in [6.45, 7) is 6.28. The van der Waals surface area contributed by atoms with Gasteiger partial charge in [0.25, 0.3) is 12.2 Å². The van der Waals surface area contributed by atoms with Crippen molar-refractivity contribution < 1.29 is 28.8 Å². The van der Waals surface area contributed by atoms with Crippen LogP contribution in [0.1, 0.15) is 49.4 Å². The van der Waals surface area contributed by atoms with E-state index in [-0.39, 0.29) is 24.7 Å². The summed E-state index contributed by atoms with van der Waals surface area (Å²) in [5, 5.41) is 2.92. The van der Waals surface area contributed by atoms with Crippen LogP contribution in [0.15, 0.2) is 24.3 Å². The molecule has 4 atom stereocenters. The highest BCUT2D eigenvalue weighted by Gasteiger charge is 2.46. The van der Waals surface area contributed by atoms with Gasteiger partial charge in [-0.15, -0.1) is 0 Å². The maximum atomic E-state index is 12.0. The molecule has 7 heteroatoms. The second-order valence-corrected chi connectivity index (χ2v) is 6.84. The van der Waals surface area contributed by atoms with Gasteiger partial charge in [-0.25, -0.2) is 9.68 Å². The highest BCUT2D eigenvalue weighted by molar-refractivity contribution is 5.93. The Balaban J connectivity index is 1.39. The molecule has 1 N–H and O–H groups in total. The summed E-state index contributed by atoms with van der Waals surface area (Å²) in [4.78, 5) is 34.0. The van der Waals surface area contributed by atoms with Gasteiger partial charge in [-0.2, -0.15) is 4.89 Å². The lowest BCUT2D eigenvalue weighted by Crippen LogP contribution is -2.37.